The molecule has 0 aliphatic heterocycles. The molecule has 4 heteroatoms. The third kappa shape index (κ3) is 3.47. The van der Waals surface area contributed by atoms with Crippen molar-refractivity contribution < 1.29 is 4.39 Å². The van der Waals surface area contributed by atoms with Crippen LogP contribution in [0.15, 0.2) is 18.2 Å². The van der Waals surface area contributed by atoms with Crippen molar-refractivity contribution in [3.8, 4) is 0 Å². The standard InChI is InChI=1S/C15H22ClFN2/c1-19(12-5-3-2-4-6-12)15(10-18)11-7-8-13(16)14(17)9-11/h7-9,12,15H,2-6,10,18H2,1H3. The molecule has 1 unspecified atom stereocenters. The van der Waals surface area contributed by atoms with Crippen molar-refractivity contribution in [3.63, 3.8) is 0 Å². The Labute approximate surface area is 119 Å². The number of hydrogen-bond acceptors (Lipinski definition) is 2. The average Bonchev–Trinajstić information content (AvgIpc) is 2.44. The van der Waals surface area contributed by atoms with Gasteiger partial charge in [-0.25, -0.2) is 4.39 Å². The molecule has 0 bridgehead atoms. The summed E-state index contributed by atoms with van der Waals surface area (Å²) in [5.74, 6) is -0.366. The Morgan fingerprint density at radius 2 is 2.05 bits per heavy atom. The Morgan fingerprint density at radius 3 is 2.63 bits per heavy atom. The van der Waals surface area contributed by atoms with Gasteiger partial charge in [-0.2, -0.15) is 0 Å². The Morgan fingerprint density at radius 1 is 1.37 bits per heavy atom. The summed E-state index contributed by atoms with van der Waals surface area (Å²) < 4.78 is 13.6. The normalized spacial score (nSPS) is 18.8. The maximum absolute atomic E-state index is 13.6. The summed E-state index contributed by atoms with van der Waals surface area (Å²) in [6, 6.07) is 5.63. The first kappa shape index (κ1) is 14.8. The molecule has 0 spiro atoms. The summed E-state index contributed by atoms with van der Waals surface area (Å²) >= 11 is 5.74. The fourth-order valence-corrected chi connectivity index (χ4v) is 3.12. The molecule has 0 radical (unpaired) electrons. The topological polar surface area (TPSA) is 29.3 Å². The number of likely N-dealkylation sites (N-methyl/N-ethyl adjacent to an activating group) is 1. The minimum Gasteiger partial charge on any atom is -0.329 e. The lowest BCUT2D eigenvalue weighted by Gasteiger charge is -2.37. The van der Waals surface area contributed by atoms with Crippen molar-refractivity contribution >= 4 is 11.6 Å². The Hall–Kier alpha value is -0.640. The predicted molar refractivity (Wildman–Crippen MR) is 77.8 cm³/mol. The summed E-state index contributed by atoms with van der Waals surface area (Å²) in [6.07, 6.45) is 6.31. The molecule has 106 valence electrons. The van der Waals surface area contributed by atoms with E-state index in [2.05, 4.69) is 11.9 Å². The molecule has 0 heterocycles. The number of hydrogen-bond donors (Lipinski definition) is 1. The van der Waals surface area contributed by atoms with Crippen LogP contribution in [0.1, 0.15) is 43.7 Å². The maximum atomic E-state index is 13.6. The van der Waals surface area contributed by atoms with Gasteiger partial charge >= 0.3 is 0 Å². The molecule has 2 rings (SSSR count). The van der Waals surface area contributed by atoms with Gasteiger partial charge in [0.05, 0.1) is 5.02 Å². The van der Waals surface area contributed by atoms with E-state index in [1.165, 1.54) is 38.2 Å². The highest BCUT2D eigenvalue weighted by Gasteiger charge is 2.25. The van der Waals surface area contributed by atoms with Gasteiger partial charge < -0.3 is 5.73 Å². The molecular formula is C15H22ClFN2. The number of rotatable bonds is 4. The van der Waals surface area contributed by atoms with Crippen molar-refractivity contribution in [3.05, 3.63) is 34.6 Å². The van der Waals surface area contributed by atoms with Gasteiger partial charge in [-0.3, -0.25) is 4.90 Å². The molecule has 0 aromatic heterocycles. The minimum absolute atomic E-state index is 0.0647. The third-order valence-corrected chi connectivity index (χ3v) is 4.50. The summed E-state index contributed by atoms with van der Waals surface area (Å²) in [7, 11) is 2.10. The summed E-state index contributed by atoms with van der Waals surface area (Å²) in [5, 5.41) is 0.167. The van der Waals surface area contributed by atoms with E-state index >= 15 is 0 Å². The smallest absolute Gasteiger partial charge is 0.142 e. The first-order chi connectivity index (χ1) is 9.13. The summed E-state index contributed by atoms with van der Waals surface area (Å²) in [5.41, 5.74) is 6.82. The number of nitrogens with two attached hydrogens (primary N) is 1. The SMILES string of the molecule is CN(C1CCCCC1)C(CN)c1ccc(Cl)c(F)c1. The molecule has 0 saturated heterocycles. The molecular weight excluding hydrogens is 263 g/mol. The lowest BCUT2D eigenvalue weighted by molar-refractivity contribution is 0.140. The van der Waals surface area contributed by atoms with Crippen LogP contribution in [0, 0.1) is 5.82 Å². The molecule has 1 aromatic carbocycles. The molecule has 0 amide bonds. The first-order valence-electron chi connectivity index (χ1n) is 7.00. The molecule has 1 fully saturated rings. The van der Waals surface area contributed by atoms with Crippen molar-refractivity contribution in [2.24, 2.45) is 5.73 Å². The van der Waals surface area contributed by atoms with Gasteiger partial charge in [0.2, 0.25) is 0 Å². The minimum atomic E-state index is -0.366. The van der Waals surface area contributed by atoms with Crippen LogP contribution in [-0.4, -0.2) is 24.5 Å². The van der Waals surface area contributed by atoms with E-state index in [1.54, 1.807) is 6.07 Å². The van der Waals surface area contributed by atoms with E-state index in [1.807, 2.05) is 6.07 Å². The van der Waals surface area contributed by atoms with Gasteiger partial charge in [-0.1, -0.05) is 36.9 Å². The van der Waals surface area contributed by atoms with Crippen LogP contribution in [0.5, 0.6) is 0 Å². The molecule has 1 saturated carbocycles. The van der Waals surface area contributed by atoms with Crippen LogP contribution in [0.2, 0.25) is 5.02 Å². The Balaban J connectivity index is 2.15. The van der Waals surface area contributed by atoms with E-state index in [0.717, 1.165) is 5.56 Å². The highest BCUT2D eigenvalue weighted by Crippen LogP contribution is 2.29. The lowest BCUT2D eigenvalue weighted by Crippen LogP contribution is -2.39. The fourth-order valence-electron chi connectivity index (χ4n) is 3.00. The van der Waals surface area contributed by atoms with Gasteiger partial charge in [0.25, 0.3) is 0 Å². The second-order valence-electron chi connectivity index (χ2n) is 5.38. The highest BCUT2D eigenvalue weighted by molar-refractivity contribution is 6.30. The monoisotopic (exact) mass is 284 g/mol. The van der Waals surface area contributed by atoms with Gasteiger partial charge in [0.15, 0.2) is 0 Å². The molecule has 2 nitrogen and oxygen atoms in total. The number of halogens is 2. The van der Waals surface area contributed by atoms with Crippen LogP contribution >= 0.6 is 11.6 Å². The molecule has 19 heavy (non-hydrogen) atoms. The largest absolute Gasteiger partial charge is 0.329 e. The van der Waals surface area contributed by atoms with Crippen LogP contribution in [0.4, 0.5) is 4.39 Å². The zero-order valence-corrected chi connectivity index (χ0v) is 12.2. The second-order valence-corrected chi connectivity index (χ2v) is 5.79. The van der Waals surface area contributed by atoms with Crippen LogP contribution < -0.4 is 5.73 Å². The molecule has 1 aliphatic rings. The van der Waals surface area contributed by atoms with Crippen LogP contribution in [0.3, 0.4) is 0 Å². The second kappa shape index (κ2) is 6.69. The Bertz CT molecular complexity index is 419. The first-order valence-corrected chi connectivity index (χ1v) is 7.38. The van der Waals surface area contributed by atoms with E-state index in [0.29, 0.717) is 12.6 Å². The van der Waals surface area contributed by atoms with Gasteiger partial charge in [-0.15, -0.1) is 0 Å². The fraction of sp³-hybridized carbons (Fsp3) is 0.600. The highest BCUT2D eigenvalue weighted by atomic mass is 35.5. The summed E-state index contributed by atoms with van der Waals surface area (Å²) in [4.78, 5) is 2.31. The number of nitrogens with zero attached hydrogens (tertiary/aromatic N) is 1. The van der Waals surface area contributed by atoms with E-state index in [-0.39, 0.29) is 16.9 Å². The zero-order chi connectivity index (χ0) is 13.8. The maximum Gasteiger partial charge on any atom is 0.142 e. The average molecular weight is 285 g/mol. The lowest BCUT2D eigenvalue weighted by atomic mass is 9.92. The quantitative estimate of drug-likeness (QED) is 0.912. The third-order valence-electron chi connectivity index (χ3n) is 4.19. The van der Waals surface area contributed by atoms with Gasteiger partial charge in [0, 0.05) is 18.6 Å². The molecule has 1 aliphatic carbocycles. The van der Waals surface area contributed by atoms with Crippen molar-refractivity contribution in [2.45, 2.75) is 44.2 Å². The van der Waals surface area contributed by atoms with E-state index < -0.39 is 0 Å². The molecule has 1 atom stereocenters. The zero-order valence-electron chi connectivity index (χ0n) is 11.4. The van der Waals surface area contributed by atoms with Crippen LogP contribution in [-0.2, 0) is 0 Å². The van der Waals surface area contributed by atoms with Crippen molar-refractivity contribution in [1.29, 1.82) is 0 Å². The Kier molecular flexibility index (Phi) is 5.20. The number of benzene rings is 1. The predicted octanol–water partition coefficient (Wildman–Crippen LogP) is 3.74. The van der Waals surface area contributed by atoms with Crippen molar-refractivity contribution in [1.82, 2.24) is 4.90 Å². The molecule has 1 aromatic rings. The van der Waals surface area contributed by atoms with Gasteiger partial charge in [-0.05, 0) is 37.6 Å². The summed E-state index contributed by atoms with van der Waals surface area (Å²) in [6.45, 7) is 0.494. The molecule has 2 N–H and O–H groups in total. The van der Waals surface area contributed by atoms with E-state index in [9.17, 15) is 4.39 Å². The van der Waals surface area contributed by atoms with Crippen molar-refractivity contribution in [2.75, 3.05) is 13.6 Å². The van der Waals surface area contributed by atoms with Gasteiger partial charge in [0.1, 0.15) is 5.82 Å². The van der Waals surface area contributed by atoms with E-state index in [4.69, 9.17) is 17.3 Å². The van der Waals surface area contributed by atoms with Crippen LogP contribution in [0.25, 0.3) is 0 Å².